The Kier molecular flexibility index (Phi) is 4.23. The molecule has 5 N–H and O–H groups in total. The maximum absolute atomic E-state index is 8.76. The number of amidine groups is 1. The molecular weight excluding hydrogens is 324 g/mol. The van der Waals surface area contributed by atoms with Gasteiger partial charge in [0.25, 0.3) is 0 Å². The fourth-order valence-electron chi connectivity index (χ4n) is 2.28. The van der Waals surface area contributed by atoms with Gasteiger partial charge in [-0.1, -0.05) is 46.8 Å². The lowest BCUT2D eigenvalue weighted by molar-refractivity contribution is 0.318. The van der Waals surface area contributed by atoms with Crippen molar-refractivity contribution in [1.29, 1.82) is 0 Å². The highest BCUT2D eigenvalue weighted by molar-refractivity contribution is 6.31. The van der Waals surface area contributed by atoms with Gasteiger partial charge < -0.3 is 16.7 Å². The summed E-state index contributed by atoms with van der Waals surface area (Å²) in [5.74, 6) is 6.43. The number of pyridine rings is 1. The summed E-state index contributed by atoms with van der Waals surface area (Å²) in [6.07, 6.45) is 1.69. The average Bonchev–Trinajstić information content (AvgIpc) is 2.60. The van der Waals surface area contributed by atoms with E-state index in [1.54, 1.807) is 30.5 Å². The first kappa shape index (κ1) is 15.7. The Morgan fingerprint density at radius 1 is 1.17 bits per heavy atom. The van der Waals surface area contributed by atoms with Gasteiger partial charge in [0.1, 0.15) is 5.82 Å². The van der Waals surface area contributed by atoms with Gasteiger partial charge in [-0.3, -0.25) is 0 Å². The van der Waals surface area contributed by atoms with Crippen LogP contribution < -0.4 is 11.5 Å². The zero-order chi connectivity index (χ0) is 17.1. The maximum atomic E-state index is 8.76. The summed E-state index contributed by atoms with van der Waals surface area (Å²) >= 11 is 6.07. The number of aromatic nitrogens is 1. The molecule has 118 valence electrons. The van der Waals surface area contributed by atoms with Crippen molar-refractivity contribution in [1.82, 2.24) is 4.98 Å². The van der Waals surface area contributed by atoms with Crippen LogP contribution in [-0.4, -0.2) is 16.0 Å². The Balaban J connectivity index is 2.10. The molecule has 0 saturated heterocycles. The van der Waals surface area contributed by atoms with E-state index < -0.39 is 0 Å². The van der Waals surface area contributed by atoms with Crippen molar-refractivity contribution >= 4 is 34.0 Å². The first-order valence-corrected chi connectivity index (χ1v) is 7.40. The van der Waals surface area contributed by atoms with Crippen LogP contribution in [0.25, 0.3) is 10.8 Å². The van der Waals surface area contributed by atoms with Crippen LogP contribution in [0.4, 0.5) is 5.82 Å². The van der Waals surface area contributed by atoms with Crippen LogP contribution in [0.5, 0.6) is 0 Å². The Hall–Kier alpha value is -3.23. The van der Waals surface area contributed by atoms with E-state index in [2.05, 4.69) is 22.0 Å². The number of rotatable bonds is 1. The molecule has 3 rings (SSSR count). The molecule has 0 aliphatic carbocycles. The molecule has 1 aromatic heterocycles. The Morgan fingerprint density at radius 2 is 2.00 bits per heavy atom. The summed E-state index contributed by atoms with van der Waals surface area (Å²) in [5.41, 5.74) is 13.5. The fourth-order valence-corrected chi connectivity index (χ4v) is 2.45. The van der Waals surface area contributed by atoms with E-state index in [1.807, 2.05) is 18.2 Å². The smallest absolute Gasteiger partial charge is 0.170 e. The molecular formula is C18H13ClN4O. The number of nitrogen functional groups attached to an aromatic ring is 1. The van der Waals surface area contributed by atoms with Crippen molar-refractivity contribution in [3.8, 4) is 11.8 Å². The summed E-state index contributed by atoms with van der Waals surface area (Å²) in [4.78, 5) is 4.17. The molecule has 3 aromatic rings. The van der Waals surface area contributed by atoms with Crippen LogP contribution in [-0.2, 0) is 0 Å². The second-order valence-electron chi connectivity index (χ2n) is 5.07. The number of hydrogen-bond acceptors (Lipinski definition) is 4. The number of benzene rings is 2. The van der Waals surface area contributed by atoms with Crippen molar-refractivity contribution in [2.75, 3.05) is 5.73 Å². The molecule has 0 bridgehead atoms. The zero-order valence-corrected chi connectivity index (χ0v) is 13.2. The van der Waals surface area contributed by atoms with Gasteiger partial charge >= 0.3 is 0 Å². The predicted octanol–water partition coefficient (Wildman–Crippen LogP) is 2.96. The molecule has 24 heavy (non-hydrogen) atoms. The predicted molar refractivity (Wildman–Crippen MR) is 96.1 cm³/mol. The number of anilines is 1. The molecule has 0 aliphatic heterocycles. The third-order valence-electron chi connectivity index (χ3n) is 3.48. The summed E-state index contributed by atoms with van der Waals surface area (Å²) in [6, 6.07) is 12.5. The van der Waals surface area contributed by atoms with Crippen LogP contribution in [0, 0.1) is 11.8 Å². The Labute approximate surface area is 143 Å². The second-order valence-corrected chi connectivity index (χ2v) is 5.50. The topological polar surface area (TPSA) is 97.5 Å². The second kappa shape index (κ2) is 6.49. The van der Waals surface area contributed by atoms with Crippen molar-refractivity contribution in [2.24, 2.45) is 10.9 Å². The van der Waals surface area contributed by atoms with Gasteiger partial charge in [-0.2, -0.15) is 0 Å². The molecule has 0 atom stereocenters. The van der Waals surface area contributed by atoms with Crippen molar-refractivity contribution < 1.29 is 5.21 Å². The van der Waals surface area contributed by atoms with Crippen molar-refractivity contribution in [2.45, 2.75) is 0 Å². The first-order valence-electron chi connectivity index (χ1n) is 7.02. The number of halogens is 1. The summed E-state index contributed by atoms with van der Waals surface area (Å²) in [5, 5.41) is 14.1. The van der Waals surface area contributed by atoms with Crippen molar-refractivity contribution in [3.63, 3.8) is 0 Å². The highest BCUT2D eigenvalue weighted by Crippen LogP contribution is 2.24. The third kappa shape index (κ3) is 3.09. The minimum Gasteiger partial charge on any atom is -0.409 e. The number of fused-ring (bicyclic) bond motifs is 1. The third-order valence-corrected chi connectivity index (χ3v) is 3.72. The molecule has 5 nitrogen and oxygen atoms in total. The molecule has 0 unspecified atom stereocenters. The number of oxime groups is 1. The quantitative estimate of drug-likeness (QED) is 0.209. The summed E-state index contributed by atoms with van der Waals surface area (Å²) in [7, 11) is 0. The first-order chi connectivity index (χ1) is 11.6. The highest BCUT2D eigenvalue weighted by Gasteiger charge is 2.05. The minimum atomic E-state index is 0.0248. The molecule has 0 amide bonds. The van der Waals surface area contributed by atoms with Gasteiger partial charge in [-0.25, -0.2) is 4.98 Å². The fraction of sp³-hybridized carbons (Fsp3) is 0. The SMILES string of the molecule is N/C(=N/O)c1cccc(C#Cc2c(N)ncc3ccc(Cl)cc23)c1. The van der Waals surface area contributed by atoms with Crippen LogP contribution in [0.3, 0.4) is 0 Å². The Bertz CT molecular complexity index is 1010. The van der Waals surface area contributed by atoms with E-state index in [9.17, 15) is 0 Å². The van der Waals surface area contributed by atoms with Gasteiger partial charge in [0.15, 0.2) is 5.84 Å². The van der Waals surface area contributed by atoms with Crippen LogP contribution in [0.2, 0.25) is 5.02 Å². The maximum Gasteiger partial charge on any atom is 0.170 e. The highest BCUT2D eigenvalue weighted by atomic mass is 35.5. The molecule has 0 fully saturated rings. The normalized spacial score (nSPS) is 11.1. The number of hydrogen-bond donors (Lipinski definition) is 3. The molecule has 2 aromatic carbocycles. The van der Waals surface area contributed by atoms with E-state index >= 15 is 0 Å². The number of nitrogens with zero attached hydrogens (tertiary/aromatic N) is 2. The minimum absolute atomic E-state index is 0.0248. The zero-order valence-electron chi connectivity index (χ0n) is 12.5. The van der Waals surface area contributed by atoms with E-state index in [1.165, 1.54) is 0 Å². The average molecular weight is 337 g/mol. The van der Waals surface area contributed by atoms with Crippen LogP contribution in [0.15, 0.2) is 53.8 Å². The van der Waals surface area contributed by atoms with E-state index in [-0.39, 0.29) is 5.84 Å². The number of nitrogens with two attached hydrogens (primary N) is 2. The summed E-state index contributed by atoms with van der Waals surface area (Å²) < 4.78 is 0. The van der Waals surface area contributed by atoms with Gasteiger partial charge in [-0.15, -0.1) is 0 Å². The molecule has 0 saturated carbocycles. The monoisotopic (exact) mass is 336 g/mol. The molecule has 6 heteroatoms. The lowest BCUT2D eigenvalue weighted by Crippen LogP contribution is -2.12. The van der Waals surface area contributed by atoms with Crippen molar-refractivity contribution in [3.05, 3.63) is 70.4 Å². The lowest BCUT2D eigenvalue weighted by Gasteiger charge is -2.04. The standard InChI is InChI=1S/C18H13ClN4O/c19-14-6-5-13-10-22-18(21)15(16(13)9-14)7-4-11-2-1-3-12(8-11)17(20)23-24/h1-3,5-6,8-10,24H,(H2,20,23)(H2,21,22). The van der Waals surface area contributed by atoms with E-state index in [0.717, 1.165) is 10.8 Å². The molecule has 0 spiro atoms. The molecule has 0 aliphatic rings. The van der Waals surface area contributed by atoms with Gasteiger partial charge in [0.2, 0.25) is 0 Å². The van der Waals surface area contributed by atoms with Crippen LogP contribution >= 0.6 is 11.6 Å². The van der Waals surface area contributed by atoms with Gasteiger partial charge in [-0.05, 0) is 24.3 Å². The van der Waals surface area contributed by atoms with Gasteiger partial charge in [0.05, 0.1) is 5.56 Å². The van der Waals surface area contributed by atoms with Gasteiger partial charge in [0, 0.05) is 33.1 Å². The van der Waals surface area contributed by atoms with Crippen LogP contribution in [0.1, 0.15) is 16.7 Å². The van der Waals surface area contributed by atoms with E-state index in [4.69, 9.17) is 28.3 Å². The summed E-state index contributed by atoms with van der Waals surface area (Å²) in [6.45, 7) is 0. The lowest BCUT2D eigenvalue weighted by atomic mass is 10.1. The molecule has 1 heterocycles. The largest absolute Gasteiger partial charge is 0.409 e. The molecule has 0 radical (unpaired) electrons. The van der Waals surface area contributed by atoms with E-state index in [0.29, 0.717) is 27.5 Å². The Morgan fingerprint density at radius 3 is 2.79 bits per heavy atom.